The van der Waals surface area contributed by atoms with Crippen LogP contribution in [0.1, 0.15) is 117 Å². The molecule has 0 spiro atoms. The quantitative estimate of drug-likeness (QED) is 0.0363. The van der Waals surface area contributed by atoms with Crippen LogP contribution >= 0.6 is 0 Å². The summed E-state index contributed by atoms with van der Waals surface area (Å²) in [7, 11) is 1.00. The fraction of sp³-hybridized carbons (Fsp3) is 0.354. The minimum Gasteiger partial charge on any atom is -0.506 e. The number of aliphatic hydroxyl groups excluding tert-OH is 11. The van der Waals surface area contributed by atoms with Crippen molar-refractivity contribution in [1.29, 1.82) is 0 Å². The van der Waals surface area contributed by atoms with E-state index in [9.17, 15) is 19.8 Å². The van der Waals surface area contributed by atoms with Crippen molar-refractivity contribution in [3.05, 3.63) is 231 Å². The number of pyridine rings is 2. The maximum Gasteiger partial charge on any atom is 4.00 e. The number of Topliss-reactive ketones (excluding diaryl/α,β-unsaturated/α-hetero) is 2. The van der Waals surface area contributed by atoms with E-state index < -0.39 is 0 Å². The van der Waals surface area contributed by atoms with E-state index in [2.05, 4.69) is 110 Å². The van der Waals surface area contributed by atoms with E-state index in [1.807, 2.05) is 109 Å². The van der Waals surface area contributed by atoms with Gasteiger partial charge in [0.2, 0.25) is 0 Å². The van der Waals surface area contributed by atoms with Gasteiger partial charge in [-0.2, -0.15) is 41.5 Å². The average Bonchev–Trinajstić information content (AvgIpc) is 0.787. The third kappa shape index (κ3) is 92.0. The van der Waals surface area contributed by atoms with E-state index in [0.717, 1.165) is 52.0 Å². The molecular formula is C79H139Mo5N4O19-. The molecule has 107 heavy (non-hydrogen) atoms. The number of anilines is 6. The number of ketones is 2. The average molecular weight is 1930 g/mol. The molecule has 0 saturated heterocycles. The first-order valence-corrected chi connectivity index (χ1v) is 31.8. The van der Waals surface area contributed by atoms with Crippen LogP contribution in [0.2, 0.25) is 0 Å². The van der Waals surface area contributed by atoms with E-state index >= 15 is 0 Å². The fourth-order valence-corrected chi connectivity index (χ4v) is 6.19. The first-order chi connectivity index (χ1) is 47.0. The summed E-state index contributed by atoms with van der Waals surface area (Å²) >= 11 is 0. The van der Waals surface area contributed by atoms with E-state index in [-0.39, 0.29) is 230 Å². The Labute approximate surface area is 717 Å². The molecular weight excluding hydrogens is 1790 g/mol. The number of nitrogens with zero attached hydrogens (tertiary/aromatic N) is 4. The Kier molecular flexibility index (Phi) is 204. The van der Waals surface area contributed by atoms with Crippen LogP contribution in [-0.4, -0.2) is 183 Å². The van der Waals surface area contributed by atoms with E-state index in [0.29, 0.717) is 11.0 Å². The summed E-state index contributed by atoms with van der Waals surface area (Å²) in [6, 6.07) is 55.7. The zero-order valence-electron chi connectivity index (χ0n) is 66.8. The SMILES string of the molecule is CC(=O)CC(C)=O.CCO.CCO.CCO.CCO.CCO.CCO.CCO.CCO.CO.O.O.O.O.OCCO.Oc1ccc(N(c2ccccc2)c2ccccc2)c2cccnc12.Oc1ccc(N(c2ccccc2)c2ccccc2)c2cccnc12.[CH2-]C.[CH2-]C.[CH2-]C.[CH2-]C.[CH2-]C.[CH2-]C.[CH3-].[Mo+2].[Mo+4].[Mo].[Mo].[Mo]. The number of phenolic OH excluding ortho intramolecular Hbond substituents is 2. The number of hydrogen-bond acceptors (Lipinski definition) is 19. The number of carbonyl (C=O) groups excluding carboxylic acids is 2. The van der Waals surface area contributed by atoms with Crippen LogP contribution in [0.4, 0.5) is 34.1 Å². The number of aliphatic hydroxyl groups is 11. The number of fused-ring (bicyclic) bond motifs is 2. The van der Waals surface area contributed by atoms with Gasteiger partial charge in [-0.1, -0.05) is 72.8 Å². The number of benzene rings is 6. The summed E-state index contributed by atoms with van der Waals surface area (Å²) in [4.78, 5) is 33.1. The molecule has 28 heteroatoms. The maximum atomic E-state index is 10.1. The van der Waals surface area contributed by atoms with Crippen molar-refractivity contribution in [3.63, 3.8) is 0 Å². The molecule has 0 radical (unpaired) electrons. The van der Waals surface area contributed by atoms with Gasteiger partial charge in [0.05, 0.1) is 31.0 Å². The Hall–Kier alpha value is -4.48. The number of carbonyl (C=O) groups is 2. The molecule has 0 unspecified atom stereocenters. The molecule has 6 aromatic carbocycles. The molecule has 0 aliphatic heterocycles. The molecule has 2 aromatic heterocycles. The topological polar surface area (TPSA) is 455 Å². The molecule has 2 heterocycles. The number of hydrogen-bond donors (Lipinski definition) is 13. The van der Waals surface area contributed by atoms with Gasteiger partial charge in [-0.25, -0.2) is 0 Å². The van der Waals surface area contributed by atoms with Gasteiger partial charge in [-0.3, -0.25) is 19.6 Å². The number of rotatable bonds is 9. The second kappa shape index (κ2) is 137. The summed E-state index contributed by atoms with van der Waals surface area (Å²) in [5, 5.41) is 105. The van der Waals surface area contributed by atoms with Crippen LogP contribution in [0, 0.1) is 49.0 Å². The van der Waals surface area contributed by atoms with Crippen molar-refractivity contribution >= 4 is 67.5 Å². The molecule has 8 rings (SSSR count). The van der Waals surface area contributed by atoms with E-state index in [1.54, 1.807) is 121 Å². The van der Waals surface area contributed by atoms with Crippen LogP contribution in [0.3, 0.4) is 0 Å². The third-order valence-corrected chi connectivity index (χ3v) is 8.59. The Morgan fingerprint density at radius 1 is 0.336 bits per heavy atom. The molecule has 0 aliphatic rings. The van der Waals surface area contributed by atoms with Crippen LogP contribution in [0.25, 0.3) is 21.8 Å². The van der Waals surface area contributed by atoms with Gasteiger partial charge in [0.1, 0.15) is 34.1 Å². The summed E-state index contributed by atoms with van der Waals surface area (Å²) < 4.78 is 0. The van der Waals surface area contributed by atoms with Gasteiger partial charge in [0.25, 0.3) is 0 Å². The third-order valence-electron chi connectivity index (χ3n) is 8.59. The smallest absolute Gasteiger partial charge is 0.506 e. The minimum absolute atomic E-state index is 0. The van der Waals surface area contributed by atoms with Crippen molar-refractivity contribution in [2.75, 3.05) is 83.0 Å². The second-order valence-electron chi connectivity index (χ2n) is 15.6. The van der Waals surface area contributed by atoms with Gasteiger partial charge in [-0.05, 0) is 166 Å². The number of phenols is 2. The van der Waals surface area contributed by atoms with Crippen molar-refractivity contribution < 1.29 is 203 Å². The zero-order chi connectivity index (χ0) is 77.6. The Morgan fingerprint density at radius 2 is 0.505 bits per heavy atom. The van der Waals surface area contributed by atoms with Crippen LogP contribution in [0.5, 0.6) is 11.5 Å². The van der Waals surface area contributed by atoms with Crippen molar-refractivity contribution in [1.82, 2.24) is 9.97 Å². The van der Waals surface area contributed by atoms with Gasteiger partial charge < -0.3 is 147 Å². The van der Waals surface area contributed by atoms with E-state index in [1.165, 1.54) is 13.8 Å². The molecule has 21 N–H and O–H groups in total. The molecule has 0 amide bonds. The second-order valence-corrected chi connectivity index (χ2v) is 15.6. The monoisotopic (exact) mass is 1940 g/mol. The first kappa shape index (κ1) is 159. The fourth-order valence-electron chi connectivity index (χ4n) is 6.19. The molecule has 0 aliphatic carbocycles. The summed E-state index contributed by atoms with van der Waals surface area (Å²) in [6.45, 7) is 48.0. The normalized spacial score (nSPS) is 7.35. The molecule has 0 atom stereocenters. The summed E-state index contributed by atoms with van der Waals surface area (Å²) in [5.41, 5.74) is 7.39. The number of aromatic nitrogens is 2. The Balaban J connectivity index is -0.0000000435. The van der Waals surface area contributed by atoms with Gasteiger partial charge in [0.15, 0.2) is 0 Å². The first-order valence-electron chi connectivity index (χ1n) is 31.8. The molecule has 0 saturated carbocycles. The minimum atomic E-state index is -0.125. The molecule has 0 bridgehead atoms. The summed E-state index contributed by atoms with van der Waals surface area (Å²) in [5.74, 6) is 0.255. The largest absolute Gasteiger partial charge is 4.00 e. The molecule has 0 fully saturated rings. The van der Waals surface area contributed by atoms with Gasteiger partial charge >= 0.3 is 42.1 Å². The predicted molar refractivity (Wildman–Crippen MR) is 434 cm³/mol. The Morgan fingerprint density at radius 3 is 0.645 bits per heavy atom. The van der Waals surface area contributed by atoms with Crippen molar-refractivity contribution in [3.8, 4) is 11.5 Å². The zero-order valence-corrected chi connectivity index (χ0v) is 76.8. The Bertz CT molecular complexity index is 2480. The van der Waals surface area contributed by atoms with Crippen LogP contribution in [-0.2, 0) is 115 Å². The van der Waals surface area contributed by atoms with E-state index in [4.69, 9.17) is 56.2 Å². The molecule has 8 aromatic rings. The maximum absolute atomic E-state index is 10.1. The van der Waals surface area contributed by atoms with Crippen LogP contribution < -0.4 is 9.80 Å². The van der Waals surface area contributed by atoms with Gasteiger partial charge in [-0.15, -0.1) is 0 Å². The summed E-state index contributed by atoms with van der Waals surface area (Å²) in [6.07, 6.45) is 3.47. The molecule has 23 nitrogen and oxygen atoms in total. The predicted octanol–water partition coefficient (Wildman–Crippen LogP) is 12.1. The standard InChI is InChI=1S/2C21H16N2O.C5H8O2.C2H6O2.8C2H6O.6C2H5.CH4O.CH3.5Mo.4H2O/c2*24-20-14-13-19(18-12-7-15-22-21(18)20)23(16-8-3-1-4-9-16)17-10-5-2-6-11-17;1-4(6)3-5(2)7;3-1-2-4;8*1-2-3;7*1-2;;;;;;;;;;/h2*1-15,24H;3H2,1-2H3;3-4H,1-2H2;8*3H,2H2,1H3;6*1H2,2H3;2H,1H3;1H3;;;;;;4*1H2/q;;;;;;;;;;;;6*-1;;-1;;;;+2;+4;;;;. The van der Waals surface area contributed by atoms with Crippen molar-refractivity contribution in [2.24, 2.45) is 0 Å². The number of para-hydroxylation sites is 4. The number of aromatic hydroxyl groups is 2. The molecule has 620 valence electrons. The van der Waals surface area contributed by atoms with Gasteiger partial charge in [0, 0.05) is 169 Å². The van der Waals surface area contributed by atoms with Crippen molar-refractivity contribution in [2.45, 2.75) is 117 Å². The van der Waals surface area contributed by atoms with Crippen LogP contribution in [0.15, 0.2) is 182 Å².